The monoisotopic (exact) mass is 324 g/mol. The largest absolute Gasteiger partial charge is 0.368 e. The maximum atomic E-state index is 5.60. The molecule has 1 saturated heterocycles. The fraction of sp³-hybridized carbons (Fsp3) is 0.389. The molecule has 0 spiro atoms. The predicted molar refractivity (Wildman–Crippen MR) is 88.5 cm³/mol. The van der Waals surface area contributed by atoms with Gasteiger partial charge < -0.3 is 9.26 Å². The summed E-state index contributed by atoms with van der Waals surface area (Å²) < 4.78 is 13.0. The standard InChI is InChI=1S/C18H20N4O2/c1-12-9-13(2)22(20-12)11-14-5-3-6-15(10-14)17-19-18(24-21-17)16-7-4-8-23-16/h3,5-6,9-10,16H,4,7-8,11H2,1-2H3/t16-/m0/s1. The molecule has 0 bridgehead atoms. The Morgan fingerprint density at radius 3 is 2.92 bits per heavy atom. The maximum absolute atomic E-state index is 5.60. The van der Waals surface area contributed by atoms with Gasteiger partial charge in [-0.15, -0.1) is 0 Å². The number of hydrogen-bond acceptors (Lipinski definition) is 5. The number of rotatable bonds is 4. The number of hydrogen-bond donors (Lipinski definition) is 0. The molecule has 1 atom stereocenters. The number of aromatic nitrogens is 4. The zero-order valence-electron chi connectivity index (χ0n) is 13.9. The van der Waals surface area contributed by atoms with Crippen molar-refractivity contribution in [1.82, 2.24) is 19.9 Å². The van der Waals surface area contributed by atoms with Crippen molar-refractivity contribution in [1.29, 1.82) is 0 Å². The molecule has 4 rings (SSSR count). The van der Waals surface area contributed by atoms with Crippen molar-refractivity contribution in [3.05, 3.63) is 53.2 Å². The van der Waals surface area contributed by atoms with Gasteiger partial charge in [0.15, 0.2) is 0 Å². The van der Waals surface area contributed by atoms with Crippen molar-refractivity contribution in [3.8, 4) is 11.4 Å². The van der Waals surface area contributed by atoms with E-state index in [1.807, 2.05) is 23.7 Å². The van der Waals surface area contributed by atoms with Crippen LogP contribution < -0.4 is 0 Å². The SMILES string of the molecule is Cc1cc(C)n(Cc2cccc(-c3noc([C@@H]4CCCO4)n3)c2)n1. The molecule has 6 nitrogen and oxygen atoms in total. The highest BCUT2D eigenvalue weighted by molar-refractivity contribution is 5.55. The molecule has 124 valence electrons. The summed E-state index contributed by atoms with van der Waals surface area (Å²) >= 11 is 0. The summed E-state index contributed by atoms with van der Waals surface area (Å²) in [5.41, 5.74) is 4.28. The highest BCUT2D eigenvalue weighted by Gasteiger charge is 2.24. The van der Waals surface area contributed by atoms with Gasteiger partial charge in [0.1, 0.15) is 6.10 Å². The van der Waals surface area contributed by atoms with Crippen LogP contribution in [-0.4, -0.2) is 26.5 Å². The van der Waals surface area contributed by atoms with Crippen LogP contribution in [0.25, 0.3) is 11.4 Å². The van der Waals surface area contributed by atoms with Crippen LogP contribution in [0.5, 0.6) is 0 Å². The Balaban J connectivity index is 1.57. The van der Waals surface area contributed by atoms with E-state index in [2.05, 4.69) is 40.4 Å². The predicted octanol–water partition coefficient (Wildman–Crippen LogP) is 3.45. The second-order valence-corrected chi connectivity index (χ2v) is 6.24. The van der Waals surface area contributed by atoms with Crippen molar-refractivity contribution in [2.75, 3.05) is 6.61 Å². The number of aryl methyl sites for hydroxylation is 2. The molecule has 0 unspecified atom stereocenters. The molecular formula is C18H20N4O2. The molecule has 1 aliphatic rings. The molecule has 0 radical (unpaired) electrons. The van der Waals surface area contributed by atoms with Crippen molar-refractivity contribution in [2.24, 2.45) is 0 Å². The molecule has 0 amide bonds. The Morgan fingerprint density at radius 2 is 2.17 bits per heavy atom. The molecular weight excluding hydrogens is 304 g/mol. The summed E-state index contributed by atoms with van der Waals surface area (Å²) in [6, 6.07) is 10.3. The smallest absolute Gasteiger partial charge is 0.256 e. The first kappa shape index (κ1) is 15.1. The van der Waals surface area contributed by atoms with Crippen molar-refractivity contribution in [2.45, 2.75) is 39.3 Å². The van der Waals surface area contributed by atoms with Crippen LogP contribution in [0.4, 0.5) is 0 Å². The molecule has 0 saturated carbocycles. The highest BCUT2D eigenvalue weighted by Crippen LogP contribution is 2.28. The van der Waals surface area contributed by atoms with Crippen LogP contribution in [-0.2, 0) is 11.3 Å². The van der Waals surface area contributed by atoms with Gasteiger partial charge in [0.05, 0.1) is 12.2 Å². The first-order chi connectivity index (χ1) is 11.7. The molecule has 0 aliphatic carbocycles. The van der Waals surface area contributed by atoms with Crippen LogP contribution in [0.1, 0.15) is 41.8 Å². The van der Waals surface area contributed by atoms with Gasteiger partial charge in [0.25, 0.3) is 5.89 Å². The molecule has 2 aromatic heterocycles. The van der Waals surface area contributed by atoms with Gasteiger partial charge in [0.2, 0.25) is 5.82 Å². The van der Waals surface area contributed by atoms with E-state index in [-0.39, 0.29) is 6.10 Å². The second kappa shape index (κ2) is 6.20. The quantitative estimate of drug-likeness (QED) is 0.735. The minimum absolute atomic E-state index is 0.0517. The minimum atomic E-state index is -0.0517. The Bertz CT molecular complexity index is 846. The lowest BCUT2D eigenvalue weighted by Crippen LogP contribution is -2.04. The Morgan fingerprint density at radius 1 is 1.25 bits per heavy atom. The molecule has 1 aliphatic heterocycles. The van der Waals surface area contributed by atoms with Gasteiger partial charge in [-0.25, -0.2) is 0 Å². The van der Waals surface area contributed by atoms with Gasteiger partial charge in [-0.05, 0) is 44.4 Å². The Kier molecular flexibility index (Phi) is 3.90. The molecule has 3 aromatic rings. The van der Waals surface area contributed by atoms with E-state index in [4.69, 9.17) is 9.26 Å². The van der Waals surface area contributed by atoms with Gasteiger partial charge >= 0.3 is 0 Å². The van der Waals surface area contributed by atoms with Crippen LogP contribution in [0, 0.1) is 13.8 Å². The van der Waals surface area contributed by atoms with Crippen molar-refractivity contribution >= 4 is 0 Å². The average molecular weight is 324 g/mol. The molecule has 0 N–H and O–H groups in total. The van der Waals surface area contributed by atoms with E-state index in [0.717, 1.165) is 48.5 Å². The summed E-state index contributed by atoms with van der Waals surface area (Å²) in [7, 11) is 0. The van der Waals surface area contributed by atoms with Crippen molar-refractivity contribution < 1.29 is 9.26 Å². The third-order valence-electron chi connectivity index (χ3n) is 4.27. The molecule has 1 fully saturated rings. The third kappa shape index (κ3) is 2.97. The summed E-state index contributed by atoms with van der Waals surface area (Å²) in [4.78, 5) is 4.51. The van der Waals surface area contributed by atoms with Crippen LogP contribution >= 0.6 is 0 Å². The summed E-state index contributed by atoms with van der Waals surface area (Å²) in [5, 5.41) is 8.63. The lowest BCUT2D eigenvalue weighted by molar-refractivity contribution is 0.0835. The van der Waals surface area contributed by atoms with E-state index < -0.39 is 0 Å². The van der Waals surface area contributed by atoms with Gasteiger partial charge in [0, 0.05) is 17.9 Å². The van der Waals surface area contributed by atoms with Gasteiger partial charge in [-0.1, -0.05) is 23.4 Å². The Hall–Kier alpha value is -2.47. The summed E-state index contributed by atoms with van der Waals surface area (Å²) in [6.07, 6.45) is 1.93. The molecule has 1 aromatic carbocycles. The van der Waals surface area contributed by atoms with E-state index in [1.54, 1.807) is 0 Å². The van der Waals surface area contributed by atoms with Crippen molar-refractivity contribution in [3.63, 3.8) is 0 Å². The zero-order valence-corrected chi connectivity index (χ0v) is 13.9. The molecule has 24 heavy (non-hydrogen) atoms. The lowest BCUT2D eigenvalue weighted by atomic mass is 10.1. The number of ether oxygens (including phenoxy) is 1. The first-order valence-electron chi connectivity index (χ1n) is 8.24. The third-order valence-corrected chi connectivity index (χ3v) is 4.27. The van der Waals surface area contributed by atoms with E-state index in [9.17, 15) is 0 Å². The second-order valence-electron chi connectivity index (χ2n) is 6.24. The minimum Gasteiger partial charge on any atom is -0.368 e. The topological polar surface area (TPSA) is 66.0 Å². The highest BCUT2D eigenvalue weighted by atomic mass is 16.5. The number of nitrogens with zero attached hydrogens (tertiary/aromatic N) is 4. The molecule has 6 heteroatoms. The average Bonchev–Trinajstić information content (AvgIpc) is 3.29. The van der Waals surface area contributed by atoms with Gasteiger partial charge in [-0.3, -0.25) is 4.68 Å². The lowest BCUT2D eigenvalue weighted by Gasteiger charge is -2.05. The Labute approximate surface area is 140 Å². The van der Waals surface area contributed by atoms with Crippen LogP contribution in [0.3, 0.4) is 0 Å². The summed E-state index contributed by atoms with van der Waals surface area (Å²) in [6.45, 7) is 5.56. The van der Waals surface area contributed by atoms with Crippen LogP contribution in [0.2, 0.25) is 0 Å². The fourth-order valence-electron chi connectivity index (χ4n) is 3.07. The van der Waals surface area contributed by atoms with E-state index in [0.29, 0.717) is 11.7 Å². The molecule has 3 heterocycles. The summed E-state index contributed by atoms with van der Waals surface area (Å²) in [5.74, 6) is 1.18. The maximum Gasteiger partial charge on any atom is 0.256 e. The van der Waals surface area contributed by atoms with E-state index >= 15 is 0 Å². The zero-order chi connectivity index (χ0) is 16.5. The normalized spacial score (nSPS) is 17.5. The first-order valence-corrected chi connectivity index (χ1v) is 8.24. The number of benzene rings is 1. The van der Waals surface area contributed by atoms with Gasteiger partial charge in [-0.2, -0.15) is 10.1 Å². The van der Waals surface area contributed by atoms with E-state index in [1.165, 1.54) is 0 Å². The van der Waals surface area contributed by atoms with Crippen LogP contribution in [0.15, 0.2) is 34.9 Å². The fourth-order valence-corrected chi connectivity index (χ4v) is 3.07.